The third-order valence-electron chi connectivity index (χ3n) is 5.03. The summed E-state index contributed by atoms with van der Waals surface area (Å²) in [6, 6.07) is 4.20. The van der Waals surface area contributed by atoms with E-state index in [0.29, 0.717) is 21.8 Å². The number of hydrogen-bond acceptors (Lipinski definition) is 3. The fraction of sp³-hybridized carbons (Fsp3) is 0.250. The smallest absolute Gasteiger partial charge is 0.316 e. The van der Waals surface area contributed by atoms with E-state index in [1.54, 1.807) is 6.07 Å². The minimum atomic E-state index is -0.858. The lowest BCUT2D eigenvalue weighted by Gasteiger charge is -2.36. The highest BCUT2D eigenvalue weighted by Crippen LogP contribution is 2.43. The Hall–Kier alpha value is -2.36. The zero-order chi connectivity index (χ0) is 22.6. The summed E-state index contributed by atoms with van der Waals surface area (Å²) >= 11 is 15.5. The number of benzene rings is 1. The number of aromatic nitrogens is 3. The number of pyridine rings is 1. The molecule has 1 atom stereocenters. The maximum absolute atomic E-state index is 14.4. The molecule has 1 aromatic carbocycles. The van der Waals surface area contributed by atoms with E-state index >= 15 is 0 Å². The molecular weight excluding hydrogens is 512 g/mol. The molecule has 0 fully saturated rings. The van der Waals surface area contributed by atoms with E-state index in [-0.39, 0.29) is 21.8 Å². The molecule has 11 heteroatoms. The number of fused-ring (bicyclic) bond motifs is 1. The largest absolute Gasteiger partial charge is 0.328 e. The second kappa shape index (κ2) is 7.96. The monoisotopic (exact) mass is 527 g/mol. The van der Waals surface area contributed by atoms with E-state index in [4.69, 9.17) is 23.2 Å². The quantitative estimate of drug-likeness (QED) is 0.487. The van der Waals surface area contributed by atoms with Crippen LogP contribution in [0.3, 0.4) is 0 Å². The minimum absolute atomic E-state index is 0.0473. The van der Waals surface area contributed by atoms with Crippen molar-refractivity contribution in [3.63, 3.8) is 0 Å². The second-order valence-electron chi connectivity index (χ2n) is 7.41. The third kappa shape index (κ3) is 3.64. The first-order chi connectivity index (χ1) is 14.6. The number of hydrogen-bond donors (Lipinski definition) is 1. The average molecular weight is 529 g/mol. The van der Waals surface area contributed by atoms with Crippen LogP contribution in [0.15, 0.2) is 40.0 Å². The summed E-state index contributed by atoms with van der Waals surface area (Å²) < 4.78 is 18.1. The van der Waals surface area contributed by atoms with Gasteiger partial charge in [0.25, 0.3) is 5.56 Å². The van der Waals surface area contributed by atoms with Crippen LogP contribution in [0.2, 0.25) is 10.0 Å². The molecule has 1 aliphatic heterocycles. The Kier molecular flexibility index (Phi) is 5.61. The molecule has 1 aliphatic rings. The van der Waals surface area contributed by atoms with Crippen LogP contribution in [-0.4, -0.2) is 20.1 Å². The van der Waals surface area contributed by atoms with E-state index in [9.17, 15) is 14.0 Å². The van der Waals surface area contributed by atoms with Crippen LogP contribution in [0.1, 0.15) is 37.2 Å². The SMILES string of the molecule is CC(C)n1c(Br)nc2c1C(c1ccc(Cl)c(F)c1)N(c1cc(Cl)cn(C)c1=O)C(=O)N2. The highest BCUT2D eigenvalue weighted by atomic mass is 79.9. The summed E-state index contributed by atoms with van der Waals surface area (Å²) in [6.45, 7) is 3.90. The van der Waals surface area contributed by atoms with Gasteiger partial charge in [-0.05, 0) is 53.5 Å². The zero-order valence-electron chi connectivity index (χ0n) is 16.7. The standard InChI is InChI=1S/C20H17BrCl2FN5O2/c1-9(2)28-16-15(10-4-5-12(23)13(24)6-10)29(20(31)26-17(16)25-19(28)21)14-7-11(22)8-27(3)18(14)30/h4-9,15H,1-3H3,(H,26,31). The van der Waals surface area contributed by atoms with Gasteiger partial charge in [0.05, 0.1) is 15.7 Å². The molecule has 0 saturated carbocycles. The molecule has 4 rings (SSSR count). The second-order valence-corrected chi connectivity index (χ2v) is 8.97. The van der Waals surface area contributed by atoms with Gasteiger partial charge in [0.1, 0.15) is 17.5 Å². The summed E-state index contributed by atoms with van der Waals surface area (Å²) in [5.74, 6) is -0.318. The first-order valence-corrected chi connectivity index (χ1v) is 10.8. The Morgan fingerprint density at radius 3 is 2.58 bits per heavy atom. The van der Waals surface area contributed by atoms with Crippen molar-refractivity contribution < 1.29 is 9.18 Å². The molecule has 3 aromatic rings. The van der Waals surface area contributed by atoms with Gasteiger partial charge in [-0.25, -0.2) is 14.2 Å². The van der Waals surface area contributed by atoms with Gasteiger partial charge < -0.3 is 9.13 Å². The molecule has 2 amide bonds. The number of imidazole rings is 1. The number of rotatable bonds is 3. The van der Waals surface area contributed by atoms with Crippen LogP contribution in [-0.2, 0) is 7.05 Å². The predicted molar refractivity (Wildman–Crippen MR) is 122 cm³/mol. The van der Waals surface area contributed by atoms with Gasteiger partial charge in [-0.2, -0.15) is 0 Å². The lowest BCUT2D eigenvalue weighted by atomic mass is 9.98. The van der Waals surface area contributed by atoms with Crippen LogP contribution in [0.4, 0.5) is 20.7 Å². The summed E-state index contributed by atoms with van der Waals surface area (Å²) in [6.07, 6.45) is 1.45. The van der Waals surface area contributed by atoms with Crippen molar-refractivity contribution in [2.24, 2.45) is 7.05 Å². The Morgan fingerprint density at radius 2 is 1.94 bits per heavy atom. The van der Waals surface area contributed by atoms with Gasteiger partial charge >= 0.3 is 6.03 Å². The van der Waals surface area contributed by atoms with E-state index < -0.39 is 23.4 Å². The molecule has 162 valence electrons. The van der Waals surface area contributed by atoms with Gasteiger partial charge in [0, 0.05) is 19.3 Å². The van der Waals surface area contributed by atoms with E-state index in [2.05, 4.69) is 26.2 Å². The van der Waals surface area contributed by atoms with Crippen LogP contribution in [0, 0.1) is 5.82 Å². The van der Waals surface area contributed by atoms with Gasteiger partial charge in [-0.1, -0.05) is 29.3 Å². The maximum Gasteiger partial charge on any atom is 0.328 e. The Morgan fingerprint density at radius 1 is 1.23 bits per heavy atom. The highest BCUT2D eigenvalue weighted by Gasteiger charge is 2.41. The fourth-order valence-corrected chi connectivity index (χ4v) is 4.87. The van der Waals surface area contributed by atoms with Gasteiger partial charge in [-0.3, -0.25) is 15.0 Å². The topological polar surface area (TPSA) is 72.2 Å². The molecule has 0 saturated heterocycles. The van der Waals surface area contributed by atoms with Crippen LogP contribution in [0.25, 0.3) is 0 Å². The lowest BCUT2D eigenvalue weighted by Crippen LogP contribution is -2.46. The van der Waals surface area contributed by atoms with Crippen molar-refractivity contribution >= 4 is 56.7 Å². The number of nitrogens with one attached hydrogen (secondary N) is 1. The molecule has 0 spiro atoms. The Balaban J connectivity index is 2.06. The predicted octanol–water partition coefficient (Wildman–Crippen LogP) is 5.51. The van der Waals surface area contributed by atoms with Gasteiger partial charge in [0.15, 0.2) is 10.6 Å². The molecule has 0 bridgehead atoms. The number of nitrogens with zero attached hydrogens (tertiary/aromatic N) is 4. The number of amides is 2. The normalized spacial score (nSPS) is 15.9. The Labute approximate surface area is 195 Å². The van der Waals surface area contributed by atoms with Crippen molar-refractivity contribution in [2.75, 3.05) is 10.2 Å². The number of urea groups is 1. The summed E-state index contributed by atoms with van der Waals surface area (Å²) in [4.78, 5) is 31.8. The number of halogens is 4. The van der Waals surface area contributed by atoms with Crippen LogP contribution >= 0.6 is 39.1 Å². The number of carbonyl (C=O) groups is 1. The summed E-state index contributed by atoms with van der Waals surface area (Å²) in [5.41, 5.74) is 0.628. The molecule has 7 nitrogen and oxygen atoms in total. The number of aryl methyl sites for hydroxylation is 1. The van der Waals surface area contributed by atoms with Crippen LogP contribution in [0.5, 0.6) is 0 Å². The first-order valence-electron chi connectivity index (χ1n) is 9.29. The van der Waals surface area contributed by atoms with Crippen LogP contribution < -0.4 is 15.8 Å². The lowest BCUT2D eigenvalue weighted by molar-refractivity contribution is 0.254. The summed E-state index contributed by atoms with van der Waals surface area (Å²) in [7, 11) is 1.54. The van der Waals surface area contributed by atoms with Gasteiger partial charge in [-0.15, -0.1) is 0 Å². The number of carbonyl (C=O) groups excluding carboxylic acids is 1. The molecule has 3 heterocycles. The third-order valence-corrected chi connectivity index (χ3v) is 6.11. The maximum atomic E-state index is 14.4. The molecule has 2 aromatic heterocycles. The van der Waals surface area contributed by atoms with Crippen molar-refractivity contribution in [1.82, 2.24) is 14.1 Å². The fourth-order valence-electron chi connectivity index (χ4n) is 3.73. The molecule has 31 heavy (non-hydrogen) atoms. The highest BCUT2D eigenvalue weighted by molar-refractivity contribution is 9.10. The zero-order valence-corrected chi connectivity index (χ0v) is 19.8. The van der Waals surface area contributed by atoms with Crippen molar-refractivity contribution in [3.8, 4) is 0 Å². The van der Waals surface area contributed by atoms with E-state index in [0.717, 1.165) is 0 Å². The average Bonchev–Trinajstić information content (AvgIpc) is 3.01. The molecule has 0 aliphatic carbocycles. The molecule has 0 radical (unpaired) electrons. The molecule has 1 N–H and O–H groups in total. The van der Waals surface area contributed by atoms with Crippen molar-refractivity contribution in [2.45, 2.75) is 25.9 Å². The van der Waals surface area contributed by atoms with Gasteiger partial charge in [0.2, 0.25) is 0 Å². The molecule has 1 unspecified atom stereocenters. The number of anilines is 2. The summed E-state index contributed by atoms with van der Waals surface area (Å²) in [5, 5.41) is 2.96. The first kappa shape index (κ1) is 21.9. The van der Waals surface area contributed by atoms with E-state index in [1.165, 1.54) is 40.9 Å². The van der Waals surface area contributed by atoms with Crippen molar-refractivity contribution in [1.29, 1.82) is 0 Å². The minimum Gasteiger partial charge on any atom is -0.316 e. The molecular formula is C20H17BrCl2FN5O2. The Bertz CT molecular complexity index is 1270. The van der Waals surface area contributed by atoms with E-state index in [1.807, 2.05) is 18.4 Å². The van der Waals surface area contributed by atoms with Crippen molar-refractivity contribution in [3.05, 3.63) is 72.7 Å².